The van der Waals surface area contributed by atoms with Crippen LogP contribution in [0.1, 0.15) is 45.6 Å². The molecule has 2 heteroatoms. The molecular formula is C19H28O2. The van der Waals surface area contributed by atoms with E-state index in [4.69, 9.17) is 9.47 Å². The van der Waals surface area contributed by atoms with Crippen LogP contribution in [0, 0.1) is 17.8 Å². The van der Waals surface area contributed by atoms with Gasteiger partial charge in [0.1, 0.15) is 11.9 Å². The van der Waals surface area contributed by atoms with Gasteiger partial charge in [-0.05, 0) is 54.4 Å². The minimum Gasteiger partial charge on any atom is -0.498 e. The molecule has 0 aliphatic heterocycles. The third-order valence-electron chi connectivity index (χ3n) is 4.59. The molecule has 2 nitrogen and oxygen atoms in total. The lowest BCUT2D eigenvalue weighted by Crippen LogP contribution is -2.33. The molecule has 0 N–H and O–H groups in total. The topological polar surface area (TPSA) is 18.5 Å². The Kier molecular flexibility index (Phi) is 5.72. The molecule has 1 aromatic carbocycles. The van der Waals surface area contributed by atoms with Crippen molar-refractivity contribution in [1.29, 1.82) is 0 Å². The molecule has 0 radical (unpaired) electrons. The summed E-state index contributed by atoms with van der Waals surface area (Å²) >= 11 is 0. The fourth-order valence-corrected chi connectivity index (χ4v) is 3.20. The van der Waals surface area contributed by atoms with Gasteiger partial charge in [-0.2, -0.15) is 0 Å². The number of hydrogen-bond donors (Lipinski definition) is 0. The van der Waals surface area contributed by atoms with Crippen molar-refractivity contribution in [2.45, 2.75) is 46.1 Å². The first-order valence-corrected chi connectivity index (χ1v) is 8.06. The number of hydrogen-bond acceptors (Lipinski definition) is 2. The van der Waals surface area contributed by atoms with Crippen molar-refractivity contribution < 1.29 is 9.47 Å². The maximum atomic E-state index is 6.08. The Labute approximate surface area is 129 Å². The molecule has 2 rings (SSSR count). The zero-order valence-electron chi connectivity index (χ0n) is 13.7. The zero-order chi connectivity index (χ0) is 15.2. The van der Waals surface area contributed by atoms with Gasteiger partial charge in [-0.1, -0.05) is 39.3 Å². The van der Waals surface area contributed by atoms with Crippen molar-refractivity contribution in [3.05, 3.63) is 36.1 Å². The molecule has 1 aliphatic carbocycles. The SMILES string of the molecule is COc1ccc(/C=C\O[C@@H]2C[C@H](C)CC[C@H]2C(C)C)cc1. The molecule has 1 saturated carbocycles. The monoisotopic (exact) mass is 288 g/mol. The van der Waals surface area contributed by atoms with Gasteiger partial charge in [0.25, 0.3) is 0 Å². The maximum Gasteiger partial charge on any atom is 0.118 e. The van der Waals surface area contributed by atoms with Crippen molar-refractivity contribution in [3.8, 4) is 5.75 Å². The van der Waals surface area contributed by atoms with Crippen molar-refractivity contribution in [2.75, 3.05) is 7.11 Å². The predicted octanol–water partition coefficient (Wildman–Crippen LogP) is 5.14. The number of methoxy groups -OCH3 is 1. The molecule has 0 saturated heterocycles. The van der Waals surface area contributed by atoms with Crippen LogP contribution in [-0.4, -0.2) is 13.2 Å². The normalized spacial score (nSPS) is 26.2. The average Bonchev–Trinajstić information content (AvgIpc) is 2.48. The first-order chi connectivity index (χ1) is 10.1. The Morgan fingerprint density at radius 2 is 1.86 bits per heavy atom. The Morgan fingerprint density at radius 1 is 1.14 bits per heavy atom. The quantitative estimate of drug-likeness (QED) is 0.698. The molecule has 0 heterocycles. The fraction of sp³-hybridized carbons (Fsp3) is 0.579. The zero-order valence-corrected chi connectivity index (χ0v) is 13.7. The summed E-state index contributed by atoms with van der Waals surface area (Å²) in [7, 11) is 1.68. The van der Waals surface area contributed by atoms with Crippen molar-refractivity contribution in [3.63, 3.8) is 0 Å². The number of rotatable bonds is 5. The summed E-state index contributed by atoms with van der Waals surface area (Å²) in [5, 5.41) is 0. The fourth-order valence-electron chi connectivity index (χ4n) is 3.20. The van der Waals surface area contributed by atoms with Crippen molar-refractivity contribution >= 4 is 6.08 Å². The van der Waals surface area contributed by atoms with Crippen LogP contribution in [0.25, 0.3) is 6.08 Å². The standard InChI is InChI=1S/C19H28O2/c1-14(2)18-10-5-15(3)13-19(18)21-12-11-16-6-8-17(20-4)9-7-16/h6-9,11-12,14-15,18-19H,5,10,13H2,1-4H3/b12-11-/t15-,18+,19-/m1/s1. The first-order valence-electron chi connectivity index (χ1n) is 8.06. The molecule has 1 aromatic rings. The van der Waals surface area contributed by atoms with Gasteiger partial charge in [-0.3, -0.25) is 0 Å². The van der Waals surface area contributed by atoms with E-state index in [1.165, 1.54) is 19.3 Å². The molecule has 0 bridgehead atoms. The Hall–Kier alpha value is -1.44. The lowest BCUT2D eigenvalue weighted by molar-refractivity contribution is 0.0145. The van der Waals surface area contributed by atoms with E-state index in [1.54, 1.807) is 7.11 Å². The number of benzene rings is 1. The summed E-state index contributed by atoms with van der Waals surface area (Å²) in [4.78, 5) is 0. The van der Waals surface area contributed by atoms with Crippen LogP contribution in [0.2, 0.25) is 0 Å². The van der Waals surface area contributed by atoms with E-state index in [0.717, 1.165) is 17.2 Å². The van der Waals surface area contributed by atoms with Crippen LogP contribution in [-0.2, 0) is 4.74 Å². The van der Waals surface area contributed by atoms with Gasteiger partial charge in [0.2, 0.25) is 0 Å². The minimum atomic E-state index is 0.364. The molecule has 3 atom stereocenters. The minimum absolute atomic E-state index is 0.364. The Morgan fingerprint density at radius 3 is 2.48 bits per heavy atom. The van der Waals surface area contributed by atoms with E-state index in [1.807, 2.05) is 36.6 Å². The van der Waals surface area contributed by atoms with Crippen molar-refractivity contribution in [2.24, 2.45) is 17.8 Å². The third-order valence-corrected chi connectivity index (χ3v) is 4.59. The van der Waals surface area contributed by atoms with Gasteiger partial charge in [-0.25, -0.2) is 0 Å². The summed E-state index contributed by atoms with van der Waals surface area (Å²) in [6.45, 7) is 6.95. The van der Waals surface area contributed by atoms with Crippen LogP contribution in [0.15, 0.2) is 30.5 Å². The maximum absolute atomic E-state index is 6.08. The van der Waals surface area contributed by atoms with E-state index < -0.39 is 0 Å². The van der Waals surface area contributed by atoms with Gasteiger partial charge in [0, 0.05) is 0 Å². The highest BCUT2D eigenvalue weighted by Crippen LogP contribution is 2.35. The molecule has 1 fully saturated rings. The van der Waals surface area contributed by atoms with E-state index in [9.17, 15) is 0 Å². The van der Waals surface area contributed by atoms with E-state index in [0.29, 0.717) is 17.9 Å². The molecule has 1 aliphatic rings. The van der Waals surface area contributed by atoms with E-state index >= 15 is 0 Å². The Bertz CT molecular complexity index is 447. The second-order valence-electron chi connectivity index (χ2n) is 6.58. The van der Waals surface area contributed by atoms with Crippen LogP contribution in [0.5, 0.6) is 5.75 Å². The highest BCUT2D eigenvalue weighted by Gasteiger charge is 2.31. The largest absolute Gasteiger partial charge is 0.498 e. The molecule has 116 valence electrons. The second kappa shape index (κ2) is 7.53. The van der Waals surface area contributed by atoms with Crippen molar-refractivity contribution in [1.82, 2.24) is 0 Å². The van der Waals surface area contributed by atoms with E-state index in [2.05, 4.69) is 20.8 Å². The third kappa shape index (κ3) is 4.52. The highest BCUT2D eigenvalue weighted by atomic mass is 16.5. The molecule has 0 amide bonds. The predicted molar refractivity (Wildman–Crippen MR) is 88.2 cm³/mol. The molecule has 0 unspecified atom stereocenters. The smallest absolute Gasteiger partial charge is 0.118 e. The first kappa shape index (κ1) is 15.9. The summed E-state index contributed by atoms with van der Waals surface area (Å²) in [6.07, 6.45) is 8.08. The van der Waals surface area contributed by atoms with Crippen LogP contribution >= 0.6 is 0 Å². The number of ether oxygens (including phenoxy) is 2. The lowest BCUT2D eigenvalue weighted by atomic mass is 9.75. The molecule has 0 spiro atoms. The summed E-state index contributed by atoms with van der Waals surface area (Å²) in [5.74, 6) is 3.03. The van der Waals surface area contributed by atoms with Crippen LogP contribution in [0.3, 0.4) is 0 Å². The molecular weight excluding hydrogens is 260 g/mol. The Balaban J connectivity index is 1.93. The van der Waals surface area contributed by atoms with Crippen LogP contribution in [0.4, 0.5) is 0 Å². The molecule has 21 heavy (non-hydrogen) atoms. The van der Waals surface area contributed by atoms with Gasteiger partial charge in [0.05, 0.1) is 13.4 Å². The average molecular weight is 288 g/mol. The van der Waals surface area contributed by atoms with Gasteiger partial charge in [-0.15, -0.1) is 0 Å². The second-order valence-corrected chi connectivity index (χ2v) is 6.58. The van der Waals surface area contributed by atoms with Gasteiger partial charge >= 0.3 is 0 Å². The van der Waals surface area contributed by atoms with Gasteiger partial charge in [0.15, 0.2) is 0 Å². The summed E-state index contributed by atoms with van der Waals surface area (Å²) < 4.78 is 11.2. The van der Waals surface area contributed by atoms with Crippen LogP contribution < -0.4 is 4.74 Å². The summed E-state index contributed by atoms with van der Waals surface area (Å²) in [5.41, 5.74) is 1.14. The highest BCUT2D eigenvalue weighted by molar-refractivity contribution is 5.49. The lowest BCUT2D eigenvalue weighted by Gasteiger charge is -2.36. The van der Waals surface area contributed by atoms with Gasteiger partial charge < -0.3 is 9.47 Å². The summed E-state index contributed by atoms with van der Waals surface area (Å²) in [6, 6.07) is 8.03. The van der Waals surface area contributed by atoms with E-state index in [-0.39, 0.29) is 0 Å². The molecule has 0 aromatic heterocycles.